The molecule has 0 heterocycles. The molecule has 0 saturated heterocycles. The molecule has 38 heavy (non-hydrogen) atoms. The average molecular weight is 561 g/mol. The van der Waals surface area contributed by atoms with Crippen LogP contribution in [0.25, 0.3) is 0 Å². The highest BCUT2D eigenvalue weighted by Crippen LogP contribution is 2.40. The molecule has 0 spiro atoms. The Balaban J connectivity index is 2.16. The normalized spacial score (nSPS) is 12.7. The van der Waals surface area contributed by atoms with E-state index in [0.717, 1.165) is 0 Å². The van der Waals surface area contributed by atoms with Crippen LogP contribution in [-0.4, -0.2) is 46.0 Å². The molecule has 2 amide bonds. The van der Waals surface area contributed by atoms with Crippen LogP contribution in [0, 0.1) is 11.8 Å². The van der Waals surface area contributed by atoms with Crippen LogP contribution >= 0.6 is 21.6 Å². The maximum atomic E-state index is 13.1. The topological polar surface area (TPSA) is 133 Å². The van der Waals surface area contributed by atoms with E-state index in [1.165, 1.54) is 21.6 Å². The molecule has 8 nitrogen and oxygen atoms in total. The van der Waals surface area contributed by atoms with Gasteiger partial charge in [-0.25, -0.2) is 0 Å². The van der Waals surface area contributed by atoms with Gasteiger partial charge in [-0.3, -0.25) is 19.2 Å². The van der Waals surface area contributed by atoms with Gasteiger partial charge < -0.3 is 20.8 Å². The van der Waals surface area contributed by atoms with Crippen LogP contribution in [0.15, 0.2) is 58.3 Å². The molecule has 2 atom stereocenters. The monoisotopic (exact) mass is 560 g/mol. The first kappa shape index (κ1) is 31.2. The van der Waals surface area contributed by atoms with Gasteiger partial charge in [-0.15, -0.1) is 0 Å². The molecule has 206 valence electrons. The second-order valence-electron chi connectivity index (χ2n) is 9.67. The van der Waals surface area contributed by atoms with E-state index in [1.54, 1.807) is 24.3 Å². The van der Waals surface area contributed by atoms with E-state index in [0.29, 0.717) is 33.8 Å². The second kappa shape index (κ2) is 15.4. The van der Waals surface area contributed by atoms with E-state index in [4.69, 9.17) is 10.2 Å². The van der Waals surface area contributed by atoms with Gasteiger partial charge in [0.15, 0.2) is 0 Å². The summed E-state index contributed by atoms with van der Waals surface area (Å²) < 4.78 is 0. The van der Waals surface area contributed by atoms with E-state index < -0.39 is 11.9 Å². The molecule has 0 fully saturated rings. The molecule has 4 N–H and O–H groups in total. The quantitative estimate of drug-likeness (QED) is 0.203. The van der Waals surface area contributed by atoms with Gasteiger partial charge >= 0.3 is 11.9 Å². The third-order valence-electron chi connectivity index (χ3n) is 6.07. The summed E-state index contributed by atoms with van der Waals surface area (Å²) in [7, 11) is 2.71. The maximum absolute atomic E-state index is 13.1. The van der Waals surface area contributed by atoms with Crippen molar-refractivity contribution in [2.24, 2.45) is 11.8 Å². The number of nitrogens with one attached hydrogen (secondary N) is 2. The molecule has 0 aliphatic heterocycles. The zero-order valence-electron chi connectivity index (χ0n) is 22.1. The van der Waals surface area contributed by atoms with Gasteiger partial charge in [0, 0.05) is 34.7 Å². The molecule has 0 radical (unpaired) electrons. The summed E-state index contributed by atoms with van der Waals surface area (Å²) in [6.45, 7) is 7.77. The molecule has 2 aromatic rings. The van der Waals surface area contributed by atoms with Crippen molar-refractivity contribution >= 4 is 45.3 Å². The summed E-state index contributed by atoms with van der Waals surface area (Å²) in [4.78, 5) is 49.7. The molecule has 0 aliphatic carbocycles. The van der Waals surface area contributed by atoms with Crippen LogP contribution in [0.2, 0.25) is 0 Å². The van der Waals surface area contributed by atoms with E-state index in [-0.39, 0.29) is 48.6 Å². The summed E-state index contributed by atoms with van der Waals surface area (Å²) in [5, 5.41) is 24.0. The third kappa shape index (κ3) is 10.1. The van der Waals surface area contributed by atoms with E-state index in [9.17, 15) is 19.2 Å². The Labute approximate surface area is 231 Å². The van der Waals surface area contributed by atoms with Gasteiger partial charge in [-0.2, -0.15) is 0 Å². The Morgan fingerprint density at radius 1 is 0.658 bits per heavy atom. The van der Waals surface area contributed by atoms with E-state index in [2.05, 4.69) is 10.6 Å². The van der Waals surface area contributed by atoms with Crippen molar-refractivity contribution in [3.63, 3.8) is 0 Å². The van der Waals surface area contributed by atoms with Crippen LogP contribution in [0.4, 0.5) is 0 Å². The first-order chi connectivity index (χ1) is 18.0. The Morgan fingerprint density at radius 3 is 1.32 bits per heavy atom. The van der Waals surface area contributed by atoms with Gasteiger partial charge in [0.2, 0.25) is 0 Å². The van der Waals surface area contributed by atoms with Gasteiger partial charge in [-0.05, 0) is 48.9 Å². The predicted octanol–water partition coefficient (Wildman–Crippen LogP) is 5.72. The van der Waals surface area contributed by atoms with Crippen LogP contribution in [0.3, 0.4) is 0 Å². The highest BCUT2D eigenvalue weighted by Gasteiger charge is 2.22. The largest absolute Gasteiger partial charge is 0.481 e. The lowest BCUT2D eigenvalue weighted by Crippen LogP contribution is -2.39. The maximum Gasteiger partial charge on any atom is 0.303 e. The first-order valence-corrected chi connectivity index (χ1v) is 14.7. The molecule has 0 saturated carbocycles. The molecule has 0 unspecified atom stereocenters. The number of carbonyl (C=O) groups excluding carboxylic acids is 2. The van der Waals surface area contributed by atoms with E-state index in [1.807, 2.05) is 52.0 Å². The number of hydrogen-bond acceptors (Lipinski definition) is 6. The second-order valence-corrected chi connectivity index (χ2v) is 11.9. The molecule has 0 aliphatic rings. The number of aliphatic carboxylic acids is 2. The smallest absolute Gasteiger partial charge is 0.303 e. The van der Waals surface area contributed by atoms with Crippen LogP contribution in [-0.2, 0) is 9.59 Å². The van der Waals surface area contributed by atoms with Crippen molar-refractivity contribution in [1.29, 1.82) is 0 Å². The lowest BCUT2D eigenvalue weighted by atomic mass is 9.98. The minimum absolute atomic E-state index is 0.0256. The molecule has 10 heteroatoms. The number of carboxylic acids is 2. The summed E-state index contributed by atoms with van der Waals surface area (Å²) in [5.41, 5.74) is 0.947. The van der Waals surface area contributed by atoms with Crippen molar-refractivity contribution in [3.8, 4) is 0 Å². The van der Waals surface area contributed by atoms with Crippen LogP contribution in [0.1, 0.15) is 74.1 Å². The highest BCUT2D eigenvalue weighted by atomic mass is 33.1. The standard InChI is InChI=1S/C28H36N2O6S2/c1-17(2)21(13-15-25(31)32)29-27(35)19-9-5-7-11-23(19)37-38-24-12-8-6-10-20(24)28(36)30-22(18(3)4)14-16-26(33)34/h5-12,17-18,21-22H,13-16H2,1-4H3,(H,29,35)(H,30,36)(H,31,32)(H,33,34)/t21-,22-/m1/s1. The number of benzene rings is 2. The lowest BCUT2D eigenvalue weighted by Gasteiger charge is -2.23. The first-order valence-electron chi connectivity index (χ1n) is 12.6. The fourth-order valence-electron chi connectivity index (χ4n) is 3.74. The number of rotatable bonds is 15. The van der Waals surface area contributed by atoms with Crippen LogP contribution in [0.5, 0.6) is 0 Å². The fourth-order valence-corrected chi connectivity index (χ4v) is 6.10. The van der Waals surface area contributed by atoms with Crippen molar-refractivity contribution in [3.05, 3.63) is 59.7 Å². The number of amides is 2. The van der Waals surface area contributed by atoms with Crippen molar-refractivity contribution in [2.45, 2.75) is 75.3 Å². The zero-order chi connectivity index (χ0) is 28.2. The van der Waals surface area contributed by atoms with Crippen molar-refractivity contribution in [2.75, 3.05) is 0 Å². The molecular weight excluding hydrogens is 524 g/mol. The summed E-state index contributed by atoms with van der Waals surface area (Å²) in [6.07, 6.45) is 0.634. The summed E-state index contributed by atoms with van der Waals surface area (Å²) in [6, 6.07) is 13.8. The summed E-state index contributed by atoms with van der Waals surface area (Å²) in [5.74, 6) is -2.21. The minimum atomic E-state index is -0.901. The van der Waals surface area contributed by atoms with Crippen molar-refractivity contribution in [1.82, 2.24) is 10.6 Å². The van der Waals surface area contributed by atoms with Gasteiger partial charge in [0.25, 0.3) is 11.8 Å². The molecule has 2 aromatic carbocycles. The van der Waals surface area contributed by atoms with Gasteiger partial charge in [-0.1, -0.05) is 73.5 Å². The zero-order valence-corrected chi connectivity index (χ0v) is 23.7. The SMILES string of the molecule is CC(C)[C@@H](CCC(=O)O)NC(=O)c1ccccc1SSc1ccccc1C(=O)N[C@H](CCC(=O)O)C(C)C. The minimum Gasteiger partial charge on any atom is -0.481 e. The van der Waals surface area contributed by atoms with Gasteiger partial charge in [0.1, 0.15) is 0 Å². The molecule has 0 aromatic heterocycles. The third-order valence-corrected chi connectivity index (χ3v) is 8.55. The lowest BCUT2D eigenvalue weighted by molar-refractivity contribution is -0.138. The highest BCUT2D eigenvalue weighted by molar-refractivity contribution is 8.76. The Bertz CT molecular complexity index is 1030. The number of carbonyl (C=O) groups is 4. The van der Waals surface area contributed by atoms with E-state index >= 15 is 0 Å². The average Bonchev–Trinajstić information content (AvgIpc) is 2.87. The fraction of sp³-hybridized carbons (Fsp3) is 0.429. The van der Waals surface area contributed by atoms with Crippen LogP contribution < -0.4 is 10.6 Å². The Hall–Kier alpha value is -2.98. The molecule has 0 bridgehead atoms. The van der Waals surface area contributed by atoms with Gasteiger partial charge in [0.05, 0.1) is 11.1 Å². The Kier molecular flexibility index (Phi) is 12.7. The predicted molar refractivity (Wildman–Crippen MR) is 151 cm³/mol. The van der Waals surface area contributed by atoms with Crippen molar-refractivity contribution < 1.29 is 29.4 Å². The molecular formula is C28H36N2O6S2. The number of carboxylic acid groups (broad SMARTS) is 2. The number of hydrogen-bond donors (Lipinski definition) is 4. The molecule has 2 rings (SSSR count). The Morgan fingerprint density at radius 2 is 1.00 bits per heavy atom. The summed E-state index contributed by atoms with van der Waals surface area (Å²) >= 11 is 0.